The lowest BCUT2D eigenvalue weighted by Gasteiger charge is -2.17. The Labute approximate surface area is 147 Å². The summed E-state index contributed by atoms with van der Waals surface area (Å²) in [5.74, 6) is -3.95. The maximum atomic E-state index is 13.3. The van der Waals surface area contributed by atoms with E-state index in [1.807, 2.05) is 0 Å². The van der Waals surface area contributed by atoms with Crippen molar-refractivity contribution in [3.05, 3.63) is 41.8 Å². The molecule has 0 bridgehead atoms. The quantitative estimate of drug-likeness (QED) is 0.707. The summed E-state index contributed by atoms with van der Waals surface area (Å²) in [7, 11) is 1.39. The Kier molecular flexibility index (Phi) is 5.78. The van der Waals surface area contributed by atoms with E-state index in [0.29, 0.717) is 0 Å². The van der Waals surface area contributed by atoms with Crippen LogP contribution in [-0.2, 0) is 9.59 Å². The van der Waals surface area contributed by atoms with Crippen LogP contribution in [0.1, 0.15) is 23.2 Å². The Morgan fingerprint density at radius 3 is 2.62 bits per heavy atom. The minimum absolute atomic E-state index is 0.250. The highest BCUT2D eigenvalue weighted by Crippen LogP contribution is 2.21. The third-order valence-electron chi connectivity index (χ3n) is 3.32. The van der Waals surface area contributed by atoms with Crippen molar-refractivity contribution in [1.82, 2.24) is 9.97 Å². The molecule has 9 nitrogen and oxygen atoms in total. The molecule has 0 aliphatic heterocycles. The molecule has 3 N–H and O–H groups in total. The first-order chi connectivity index (χ1) is 12.3. The lowest BCUT2D eigenvalue weighted by Crippen LogP contribution is -2.27. The topological polar surface area (TPSA) is 133 Å². The summed E-state index contributed by atoms with van der Waals surface area (Å²) in [6.45, 7) is 0. The van der Waals surface area contributed by atoms with E-state index in [-0.39, 0.29) is 30.0 Å². The van der Waals surface area contributed by atoms with Crippen molar-refractivity contribution in [2.75, 3.05) is 17.3 Å². The summed E-state index contributed by atoms with van der Waals surface area (Å²) < 4.78 is 13.3. The van der Waals surface area contributed by atoms with Gasteiger partial charge in [-0.25, -0.2) is 9.37 Å². The van der Waals surface area contributed by atoms with Gasteiger partial charge in [-0.05, 0) is 18.2 Å². The number of aliphatic carboxylic acids is 1. The van der Waals surface area contributed by atoms with Gasteiger partial charge < -0.3 is 15.1 Å². The van der Waals surface area contributed by atoms with Crippen molar-refractivity contribution in [2.24, 2.45) is 0 Å². The van der Waals surface area contributed by atoms with E-state index in [2.05, 4.69) is 15.3 Å². The molecule has 0 aliphatic rings. The molecular formula is C16H15FN4O5. The molecule has 1 heterocycles. The van der Waals surface area contributed by atoms with E-state index in [1.54, 1.807) is 0 Å². The van der Waals surface area contributed by atoms with Gasteiger partial charge in [-0.1, -0.05) is 6.07 Å². The highest BCUT2D eigenvalue weighted by molar-refractivity contribution is 6.07. The second kappa shape index (κ2) is 8.01. The van der Waals surface area contributed by atoms with Crippen molar-refractivity contribution in [2.45, 2.75) is 12.8 Å². The van der Waals surface area contributed by atoms with E-state index in [0.717, 1.165) is 17.2 Å². The van der Waals surface area contributed by atoms with Crippen LogP contribution in [0.15, 0.2) is 30.5 Å². The SMILES string of the molecule is CN(C(=O)c1cnc(NC(=O)CCC(=O)O)nc1O)c1cccc(F)c1. The number of halogens is 1. The number of hydrogen-bond donors (Lipinski definition) is 3. The molecule has 136 valence electrons. The number of carbonyl (C=O) groups excluding carboxylic acids is 2. The molecule has 0 saturated heterocycles. The van der Waals surface area contributed by atoms with Crippen LogP contribution in [0.5, 0.6) is 5.88 Å². The number of carboxylic acids is 1. The van der Waals surface area contributed by atoms with Gasteiger partial charge >= 0.3 is 5.97 Å². The minimum Gasteiger partial charge on any atom is -0.493 e. The van der Waals surface area contributed by atoms with Gasteiger partial charge in [0, 0.05) is 25.4 Å². The largest absolute Gasteiger partial charge is 0.493 e. The third-order valence-corrected chi connectivity index (χ3v) is 3.32. The molecule has 2 rings (SSSR count). The zero-order chi connectivity index (χ0) is 19.3. The van der Waals surface area contributed by atoms with Crippen LogP contribution in [0.2, 0.25) is 0 Å². The van der Waals surface area contributed by atoms with Crippen molar-refractivity contribution < 1.29 is 29.0 Å². The number of anilines is 2. The predicted molar refractivity (Wildman–Crippen MR) is 88.3 cm³/mol. The molecule has 0 atom stereocenters. The standard InChI is InChI=1S/C16H15FN4O5/c1-21(10-4-2-3-9(17)7-10)15(26)11-8-18-16(20-14(11)25)19-12(22)5-6-13(23)24/h2-4,7-8H,5-6H2,1H3,(H,23,24)(H2,18,19,20,22,25). The van der Waals surface area contributed by atoms with E-state index >= 15 is 0 Å². The summed E-state index contributed by atoms with van der Waals surface area (Å²) in [5.41, 5.74) is 0.0146. The van der Waals surface area contributed by atoms with Crippen molar-refractivity contribution >= 4 is 29.4 Å². The number of rotatable bonds is 6. The average Bonchev–Trinajstić information content (AvgIpc) is 2.59. The first-order valence-corrected chi connectivity index (χ1v) is 7.39. The summed E-state index contributed by atoms with van der Waals surface area (Å²) in [5, 5.41) is 20.7. The normalized spacial score (nSPS) is 10.2. The van der Waals surface area contributed by atoms with Crippen molar-refractivity contribution in [3.8, 4) is 5.88 Å². The number of carboxylic acid groups (broad SMARTS) is 1. The number of aromatic hydroxyl groups is 1. The van der Waals surface area contributed by atoms with Crippen molar-refractivity contribution in [3.63, 3.8) is 0 Å². The Morgan fingerprint density at radius 2 is 2.00 bits per heavy atom. The van der Waals surface area contributed by atoms with Gasteiger partial charge in [-0.15, -0.1) is 0 Å². The maximum absolute atomic E-state index is 13.3. The van der Waals surface area contributed by atoms with Crippen LogP contribution in [-0.4, -0.2) is 45.0 Å². The van der Waals surface area contributed by atoms with Crippen LogP contribution in [0.25, 0.3) is 0 Å². The van der Waals surface area contributed by atoms with Gasteiger partial charge in [-0.2, -0.15) is 4.98 Å². The molecule has 1 aromatic heterocycles. The van der Waals surface area contributed by atoms with Gasteiger partial charge in [0.2, 0.25) is 17.7 Å². The Balaban J connectivity index is 2.12. The minimum atomic E-state index is -1.13. The fourth-order valence-corrected chi connectivity index (χ4v) is 1.97. The summed E-state index contributed by atoms with van der Waals surface area (Å²) in [6, 6.07) is 5.31. The maximum Gasteiger partial charge on any atom is 0.303 e. The van der Waals surface area contributed by atoms with E-state index in [9.17, 15) is 23.9 Å². The summed E-state index contributed by atoms with van der Waals surface area (Å²) in [6.07, 6.45) is 0.350. The first kappa shape index (κ1) is 18.8. The van der Waals surface area contributed by atoms with Gasteiger partial charge in [0.1, 0.15) is 11.4 Å². The van der Waals surface area contributed by atoms with Crippen LogP contribution in [0, 0.1) is 5.82 Å². The van der Waals surface area contributed by atoms with Gasteiger partial charge in [0.15, 0.2) is 0 Å². The number of amides is 2. The van der Waals surface area contributed by atoms with Crippen molar-refractivity contribution in [1.29, 1.82) is 0 Å². The monoisotopic (exact) mass is 362 g/mol. The van der Waals surface area contributed by atoms with Gasteiger partial charge in [0.25, 0.3) is 5.91 Å². The number of hydrogen-bond acceptors (Lipinski definition) is 6. The van der Waals surface area contributed by atoms with Crippen LogP contribution >= 0.6 is 0 Å². The number of nitrogens with zero attached hydrogens (tertiary/aromatic N) is 3. The Hall–Kier alpha value is -3.56. The average molecular weight is 362 g/mol. The molecule has 10 heteroatoms. The molecular weight excluding hydrogens is 347 g/mol. The van der Waals surface area contributed by atoms with Crippen LogP contribution < -0.4 is 10.2 Å². The zero-order valence-electron chi connectivity index (χ0n) is 13.6. The second-order valence-electron chi connectivity index (χ2n) is 5.22. The van der Waals surface area contributed by atoms with E-state index in [4.69, 9.17) is 5.11 Å². The lowest BCUT2D eigenvalue weighted by atomic mass is 10.2. The smallest absolute Gasteiger partial charge is 0.303 e. The molecule has 1 aromatic carbocycles. The molecule has 26 heavy (non-hydrogen) atoms. The number of aromatic nitrogens is 2. The molecule has 0 spiro atoms. The first-order valence-electron chi connectivity index (χ1n) is 7.39. The van der Waals surface area contributed by atoms with Gasteiger partial charge in [0.05, 0.1) is 6.42 Å². The predicted octanol–water partition coefficient (Wildman–Crippen LogP) is 1.40. The molecule has 2 amide bonds. The van der Waals surface area contributed by atoms with Crippen LogP contribution in [0.4, 0.5) is 16.0 Å². The molecule has 0 unspecified atom stereocenters. The molecule has 0 aliphatic carbocycles. The van der Waals surface area contributed by atoms with E-state index in [1.165, 1.54) is 25.2 Å². The Morgan fingerprint density at radius 1 is 1.27 bits per heavy atom. The highest BCUT2D eigenvalue weighted by atomic mass is 19.1. The molecule has 0 fully saturated rings. The summed E-state index contributed by atoms with van der Waals surface area (Å²) in [4.78, 5) is 42.8. The molecule has 2 aromatic rings. The number of nitrogens with one attached hydrogen (secondary N) is 1. The zero-order valence-corrected chi connectivity index (χ0v) is 13.6. The number of carbonyl (C=O) groups is 3. The second-order valence-corrected chi connectivity index (χ2v) is 5.22. The molecule has 0 saturated carbocycles. The Bertz CT molecular complexity index is 858. The summed E-state index contributed by atoms with van der Waals surface area (Å²) >= 11 is 0. The lowest BCUT2D eigenvalue weighted by molar-refractivity contribution is -0.138. The highest BCUT2D eigenvalue weighted by Gasteiger charge is 2.20. The van der Waals surface area contributed by atoms with Gasteiger partial charge in [-0.3, -0.25) is 19.7 Å². The third kappa shape index (κ3) is 4.72. The fourth-order valence-electron chi connectivity index (χ4n) is 1.97. The fraction of sp³-hybridized carbons (Fsp3) is 0.188. The molecule has 0 radical (unpaired) electrons. The van der Waals surface area contributed by atoms with E-state index < -0.39 is 29.5 Å². The van der Waals surface area contributed by atoms with Crippen LogP contribution in [0.3, 0.4) is 0 Å². The number of benzene rings is 1.